The maximum absolute atomic E-state index is 14.4. The lowest BCUT2D eigenvalue weighted by Crippen LogP contribution is -2.25. The molecule has 2 aromatic heterocycles. The number of nitrogens with zero attached hydrogens (tertiary/aromatic N) is 3. The molecule has 10 heteroatoms. The number of anilines is 1. The molecule has 0 saturated heterocycles. The molecule has 2 N–H and O–H groups in total. The second-order valence-corrected chi connectivity index (χ2v) is 9.26. The van der Waals surface area contributed by atoms with Crippen molar-refractivity contribution in [2.75, 3.05) is 11.9 Å². The van der Waals surface area contributed by atoms with Gasteiger partial charge in [-0.05, 0) is 43.3 Å². The second-order valence-electron chi connectivity index (χ2n) is 8.42. The minimum atomic E-state index is -0.772. The molecule has 0 radical (unpaired) electrons. The summed E-state index contributed by atoms with van der Waals surface area (Å²) >= 11 is 1.26. The van der Waals surface area contributed by atoms with E-state index in [9.17, 15) is 13.6 Å². The molecule has 1 amide bonds. The molecule has 0 saturated carbocycles. The molecular weight excluding hydrogens is 496 g/mol. The quantitative estimate of drug-likeness (QED) is 0.300. The highest BCUT2D eigenvalue weighted by atomic mass is 32.1. The Hall–Kier alpha value is -4.57. The minimum absolute atomic E-state index is 0.00636. The molecule has 0 atom stereocenters. The van der Waals surface area contributed by atoms with Crippen LogP contribution in [0.3, 0.4) is 0 Å². The maximum atomic E-state index is 14.4. The van der Waals surface area contributed by atoms with Crippen molar-refractivity contribution >= 4 is 45.7 Å². The average Bonchev–Trinajstić information content (AvgIpc) is 3.43. The molecule has 3 heterocycles. The molecular formula is C27H19F2N5O2S. The third-order valence-corrected chi connectivity index (χ3v) is 6.78. The zero-order chi connectivity index (χ0) is 25.5. The summed E-state index contributed by atoms with van der Waals surface area (Å²) < 4.78 is 34.9. The Bertz CT molecular complexity index is 1780. The fourth-order valence-corrected chi connectivity index (χ4v) is 5.03. The van der Waals surface area contributed by atoms with E-state index in [1.165, 1.54) is 17.4 Å². The first-order valence-electron chi connectivity index (χ1n) is 11.4. The van der Waals surface area contributed by atoms with Gasteiger partial charge in [0.1, 0.15) is 17.3 Å². The first kappa shape index (κ1) is 22.9. The van der Waals surface area contributed by atoms with Gasteiger partial charge in [-0.3, -0.25) is 4.79 Å². The van der Waals surface area contributed by atoms with E-state index in [-0.39, 0.29) is 18.2 Å². The number of halogens is 2. The number of carbonyl (C=O) groups excluding carboxylic acids is 1. The van der Waals surface area contributed by atoms with Crippen LogP contribution in [0.2, 0.25) is 0 Å². The van der Waals surface area contributed by atoms with Crippen LogP contribution in [-0.2, 0) is 4.79 Å². The number of hydrogen-bond acceptors (Lipinski definition) is 5. The first-order chi connectivity index (χ1) is 18.0. The van der Waals surface area contributed by atoms with Gasteiger partial charge < -0.3 is 15.0 Å². The van der Waals surface area contributed by atoms with Crippen LogP contribution in [0, 0.1) is 18.6 Å². The van der Waals surface area contributed by atoms with Gasteiger partial charge >= 0.3 is 0 Å². The van der Waals surface area contributed by atoms with Crippen LogP contribution in [0.1, 0.15) is 11.3 Å². The van der Waals surface area contributed by atoms with Crippen molar-refractivity contribution in [3.05, 3.63) is 93.7 Å². The van der Waals surface area contributed by atoms with Gasteiger partial charge in [-0.25, -0.2) is 18.4 Å². The number of rotatable bonds is 4. The van der Waals surface area contributed by atoms with Gasteiger partial charge in [0.15, 0.2) is 12.4 Å². The summed E-state index contributed by atoms with van der Waals surface area (Å²) in [7, 11) is 0. The normalized spacial score (nSPS) is 13.7. The largest absolute Gasteiger partial charge is 0.482 e. The summed E-state index contributed by atoms with van der Waals surface area (Å²) in [6.45, 7) is 1.93. The Balaban J connectivity index is 1.52. The predicted octanol–water partition coefficient (Wildman–Crippen LogP) is 5.73. The standard InChI is InChI=1S/C27H19F2N5O2S/c1-15-19(18-4-2-3-5-21(18)31-15)12-30-34-24(16-6-9-25-23(10-16)32-26(35)13-36-25)14-37-27(34)33-22-8-7-17(28)11-20(22)29/h2-12,14,31H,13H2,1H3,(H,32,35)/b30-12+,33-27?. The molecule has 0 fully saturated rings. The molecule has 184 valence electrons. The second kappa shape index (κ2) is 9.14. The van der Waals surface area contributed by atoms with Crippen molar-refractivity contribution in [3.63, 3.8) is 0 Å². The average molecular weight is 516 g/mol. The van der Waals surface area contributed by atoms with E-state index in [0.717, 1.165) is 39.9 Å². The number of fused-ring (bicyclic) bond motifs is 2. The van der Waals surface area contributed by atoms with Gasteiger partial charge in [0.25, 0.3) is 5.91 Å². The molecule has 0 unspecified atom stereocenters. The maximum Gasteiger partial charge on any atom is 0.262 e. The van der Waals surface area contributed by atoms with Gasteiger partial charge in [-0.2, -0.15) is 5.10 Å². The molecule has 1 aliphatic heterocycles. The van der Waals surface area contributed by atoms with Crippen LogP contribution in [-0.4, -0.2) is 28.4 Å². The Labute approximate surface area is 213 Å². The summed E-state index contributed by atoms with van der Waals surface area (Å²) in [5, 5.41) is 10.4. The third-order valence-electron chi connectivity index (χ3n) is 5.97. The number of aryl methyl sites for hydroxylation is 1. The Kier molecular flexibility index (Phi) is 5.65. The fraction of sp³-hybridized carbons (Fsp3) is 0.0741. The third kappa shape index (κ3) is 4.31. The molecule has 0 aliphatic carbocycles. The summed E-state index contributed by atoms with van der Waals surface area (Å²) in [6.07, 6.45) is 1.73. The molecule has 0 spiro atoms. The highest BCUT2D eigenvalue weighted by molar-refractivity contribution is 7.07. The number of aromatic nitrogens is 2. The number of thiazole rings is 1. The Morgan fingerprint density at radius 3 is 2.84 bits per heavy atom. The van der Waals surface area contributed by atoms with E-state index in [2.05, 4.69) is 15.3 Å². The van der Waals surface area contributed by atoms with Gasteiger partial charge in [0, 0.05) is 39.2 Å². The van der Waals surface area contributed by atoms with Crippen molar-refractivity contribution in [1.29, 1.82) is 0 Å². The van der Waals surface area contributed by atoms with E-state index in [0.29, 0.717) is 21.9 Å². The molecule has 0 bridgehead atoms. The van der Waals surface area contributed by atoms with Crippen molar-refractivity contribution in [1.82, 2.24) is 9.66 Å². The number of nitrogens with one attached hydrogen (secondary N) is 2. The SMILES string of the molecule is Cc1[nH]c2ccccc2c1/C=N/n1c(-c2ccc3c(c2)NC(=O)CO3)csc1=Nc1ccc(F)cc1F. The summed E-state index contributed by atoms with van der Waals surface area (Å²) in [6, 6.07) is 16.6. The monoisotopic (exact) mass is 515 g/mol. The molecule has 1 aliphatic rings. The smallest absolute Gasteiger partial charge is 0.262 e. The topological polar surface area (TPSA) is 83.8 Å². The van der Waals surface area contributed by atoms with Crippen LogP contribution >= 0.6 is 11.3 Å². The van der Waals surface area contributed by atoms with E-state index in [4.69, 9.17) is 9.84 Å². The Morgan fingerprint density at radius 2 is 1.97 bits per heavy atom. The number of aromatic amines is 1. The van der Waals surface area contributed by atoms with Crippen LogP contribution in [0.25, 0.3) is 22.2 Å². The lowest BCUT2D eigenvalue weighted by Gasteiger charge is -2.18. The highest BCUT2D eigenvalue weighted by Gasteiger charge is 2.18. The molecule has 3 aromatic carbocycles. The van der Waals surface area contributed by atoms with Crippen molar-refractivity contribution in [2.45, 2.75) is 6.92 Å². The number of para-hydroxylation sites is 1. The number of benzene rings is 3. The number of hydrogen-bond donors (Lipinski definition) is 2. The zero-order valence-electron chi connectivity index (χ0n) is 19.5. The van der Waals surface area contributed by atoms with Gasteiger partial charge in [0.2, 0.25) is 4.80 Å². The van der Waals surface area contributed by atoms with Crippen LogP contribution in [0.15, 0.2) is 76.1 Å². The highest BCUT2D eigenvalue weighted by Crippen LogP contribution is 2.33. The molecule has 37 heavy (non-hydrogen) atoms. The van der Waals surface area contributed by atoms with Crippen LogP contribution < -0.4 is 14.9 Å². The molecule has 5 aromatic rings. The number of ether oxygens (including phenoxy) is 1. The van der Waals surface area contributed by atoms with E-state index < -0.39 is 11.6 Å². The molecule has 7 nitrogen and oxygen atoms in total. The summed E-state index contributed by atoms with van der Waals surface area (Å²) in [5.41, 5.74) is 4.79. The van der Waals surface area contributed by atoms with Crippen molar-refractivity contribution < 1.29 is 18.3 Å². The van der Waals surface area contributed by atoms with Crippen molar-refractivity contribution in [3.8, 4) is 17.0 Å². The van der Waals surface area contributed by atoms with Crippen LogP contribution in [0.5, 0.6) is 5.75 Å². The summed E-state index contributed by atoms with van der Waals surface area (Å²) in [5.74, 6) is -1.12. The van der Waals surface area contributed by atoms with E-state index >= 15 is 0 Å². The lowest BCUT2D eigenvalue weighted by molar-refractivity contribution is -0.118. The fourth-order valence-electron chi connectivity index (χ4n) is 4.18. The molecule has 6 rings (SSSR count). The van der Waals surface area contributed by atoms with Gasteiger partial charge in [-0.1, -0.05) is 18.2 Å². The van der Waals surface area contributed by atoms with Crippen molar-refractivity contribution in [2.24, 2.45) is 10.1 Å². The minimum Gasteiger partial charge on any atom is -0.482 e. The van der Waals surface area contributed by atoms with Crippen LogP contribution in [0.4, 0.5) is 20.2 Å². The Morgan fingerprint density at radius 1 is 1.11 bits per heavy atom. The predicted molar refractivity (Wildman–Crippen MR) is 139 cm³/mol. The lowest BCUT2D eigenvalue weighted by atomic mass is 10.1. The number of carbonyl (C=O) groups is 1. The van der Waals surface area contributed by atoms with E-state index in [1.54, 1.807) is 23.0 Å². The van der Waals surface area contributed by atoms with Gasteiger partial charge in [-0.15, -0.1) is 11.3 Å². The van der Waals surface area contributed by atoms with Gasteiger partial charge in [0.05, 0.1) is 17.6 Å². The number of H-pyrrole nitrogens is 1. The van der Waals surface area contributed by atoms with E-state index in [1.807, 2.05) is 42.6 Å². The first-order valence-corrected chi connectivity index (χ1v) is 12.2. The number of amides is 1. The zero-order valence-corrected chi connectivity index (χ0v) is 20.3. The summed E-state index contributed by atoms with van der Waals surface area (Å²) in [4.78, 5) is 20.0.